The molecular weight excluding hydrogens is 300 g/mol. The SMILES string of the molecule is O=C(O)C1(Cc2ccc(Br)s2)CCCCCC1. The summed E-state index contributed by atoms with van der Waals surface area (Å²) in [5.41, 5.74) is -0.513. The summed E-state index contributed by atoms with van der Waals surface area (Å²) in [5.74, 6) is -0.607. The van der Waals surface area contributed by atoms with E-state index in [0.717, 1.165) is 29.5 Å². The predicted octanol–water partition coefficient (Wildman–Crippen LogP) is 4.48. The number of rotatable bonds is 3. The summed E-state index contributed by atoms with van der Waals surface area (Å²) < 4.78 is 1.08. The molecule has 1 aromatic rings. The van der Waals surface area contributed by atoms with Crippen LogP contribution in [0.4, 0.5) is 0 Å². The van der Waals surface area contributed by atoms with Crippen LogP contribution in [-0.2, 0) is 11.2 Å². The van der Waals surface area contributed by atoms with Crippen molar-refractivity contribution in [2.45, 2.75) is 44.9 Å². The quantitative estimate of drug-likeness (QED) is 0.835. The van der Waals surface area contributed by atoms with E-state index in [1.54, 1.807) is 11.3 Å². The van der Waals surface area contributed by atoms with Gasteiger partial charge in [-0.1, -0.05) is 25.7 Å². The van der Waals surface area contributed by atoms with Gasteiger partial charge in [0.2, 0.25) is 0 Å². The van der Waals surface area contributed by atoms with E-state index in [4.69, 9.17) is 0 Å². The molecule has 17 heavy (non-hydrogen) atoms. The van der Waals surface area contributed by atoms with Gasteiger partial charge in [0.15, 0.2) is 0 Å². The molecule has 0 radical (unpaired) electrons. The van der Waals surface area contributed by atoms with Crippen molar-refractivity contribution in [2.24, 2.45) is 5.41 Å². The molecule has 0 bridgehead atoms. The monoisotopic (exact) mass is 316 g/mol. The third-order valence-electron chi connectivity index (χ3n) is 3.66. The summed E-state index contributed by atoms with van der Waals surface area (Å²) in [6.07, 6.45) is 6.83. The topological polar surface area (TPSA) is 37.3 Å². The van der Waals surface area contributed by atoms with Crippen LogP contribution in [0.5, 0.6) is 0 Å². The summed E-state index contributed by atoms with van der Waals surface area (Å²) in [4.78, 5) is 12.8. The number of aliphatic carboxylic acids is 1. The molecule has 0 amide bonds. The fraction of sp³-hybridized carbons (Fsp3) is 0.615. The van der Waals surface area contributed by atoms with E-state index < -0.39 is 11.4 Å². The molecule has 0 aliphatic heterocycles. The largest absolute Gasteiger partial charge is 0.481 e. The zero-order valence-corrected chi connectivity index (χ0v) is 12.1. The van der Waals surface area contributed by atoms with Crippen LogP contribution in [0, 0.1) is 5.41 Å². The highest BCUT2D eigenvalue weighted by atomic mass is 79.9. The normalized spacial score (nSPS) is 19.8. The minimum Gasteiger partial charge on any atom is -0.481 e. The Bertz CT molecular complexity index is 392. The third kappa shape index (κ3) is 3.10. The zero-order chi connectivity index (χ0) is 12.3. The van der Waals surface area contributed by atoms with Gasteiger partial charge in [0.05, 0.1) is 9.20 Å². The average Bonchev–Trinajstić information content (AvgIpc) is 2.54. The molecule has 1 N–H and O–H groups in total. The van der Waals surface area contributed by atoms with Crippen molar-refractivity contribution in [1.29, 1.82) is 0 Å². The number of carboxylic acid groups (broad SMARTS) is 1. The van der Waals surface area contributed by atoms with Crippen LogP contribution in [-0.4, -0.2) is 11.1 Å². The van der Waals surface area contributed by atoms with Gasteiger partial charge in [-0.05, 0) is 47.3 Å². The first-order valence-electron chi connectivity index (χ1n) is 6.10. The zero-order valence-electron chi connectivity index (χ0n) is 9.75. The molecule has 1 aliphatic carbocycles. The predicted molar refractivity (Wildman–Crippen MR) is 73.5 cm³/mol. The highest BCUT2D eigenvalue weighted by Gasteiger charge is 2.38. The number of thiophene rings is 1. The molecule has 0 spiro atoms. The number of hydrogen-bond acceptors (Lipinski definition) is 2. The maximum absolute atomic E-state index is 11.6. The molecule has 1 fully saturated rings. The maximum atomic E-state index is 11.6. The van der Waals surface area contributed by atoms with Gasteiger partial charge in [-0.2, -0.15) is 0 Å². The Hall–Kier alpha value is -0.350. The highest BCUT2D eigenvalue weighted by molar-refractivity contribution is 9.11. The molecule has 0 saturated heterocycles. The Morgan fingerprint density at radius 1 is 1.29 bits per heavy atom. The van der Waals surface area contributed by atoms with Crippen LogP contribution in [0.3, 0.4) is 0 Å². The highest BCUT2D eigenvalue weighted by Crippen LogP contribution is 2.40. The fourth-order valence-electron chi connectivity index (χ4n) is 2.65. The van der Waals surface area contributed by atoms with Gasteiger partial charge < -0.3 is 5.11 Å². The van der Waals surface area contributed by atoms with E-state index in [9.17, 15) is 9.90 Å². The average molecular weight is 317 g/mol. The van der Waals surface area contributed by atoms with Crippen LogP contribution in [0.2, 0.25) is 0 Å². The lowest BCUT2D eigenvalue weighted by Crippen LogP contribution is -2.32. The van der Waals surface area contributed by atoms with E-state index >= 15 is 0 Å². The molecule has 0 aromatic carbocycles. The van der Waals surface area contributed by atoms with E-state index in [1.165, 1.54) is 17.7 Å². The van der Waals surface area contributed by atoms with E-state index in [0.29, 0.717) is 6.42 Å². The number of carboxylic acids is 1. The second kappa shape index (κ2) is 5.53. The van der Waals surface area contributed by atoms with Crippen molar-refractivity contribution in [3.63, 3.8) is 0 Å². The molecule has 0 atom stereocenters. The first-order chi connectivity index (χ1) is 8.12. The minimum atomic E-state index is -0.607. The molecule has 1 aliphatic rings. The van der Waals surface area contributed by atoms with Crippen molar-refractivity contribution in [3.8, 4) is 0 Å². The summed E-state index contributed by atoms with van der Waals surface area (Å²) in [5, 5.41) is 9.57. The molecular formula is C13H17BrO2S. The Morgan fingerprint density at radius 2 is 1.94 bits per heavy atom. The van der Waals surface area contributed by atoms with E-state index in [2.05, 4.69) is 15.9 Å². The molecule has 1 heterocycles. The Morgan fingerprint density at radius 3 is 2.41 bits per heavy atom. The second-order valence-electron chi connectivity index (χ2n) is 4.88. The lowest BCUT2D eigenvalue weighted by Gasteiger charge is -2.27. The van der Waals surface area contributed by atoms with Gasteiger partial charge in [-0.15, -0.1) is 11.3 Å². The van der Waals surface area contributed by atoms with Gasteiger partial charge in [0, 0.05) is 4.88 Å². The fourth-order valence-corrected chi connectivity index (χ4v) is 4.28. The Kier molecular flexibility index (Phi) is 4.26. The summed E-state index contributed by atoms with van der Waals surface area (Å²) in [6.45, 7) is 0. The number of carbonyl (C=O) groups is 1. The molecule has 4 heteroatoms. The van der Waals surface area contributed by atoms with Crippen molar-refractivity contribution in [1.82, 2.24) is 0 Å². The number of hydrogen-bond donors (Lipinski definition) is 1. The summed E-state index contributed by atoms with van der Waals surface area (Å²) >= 11 is 5.10. The molecule has 94 valence electrons. The lowest BCUT2D eigenvalue weighted by atomic mass is 9.77. The summed E-state index contributed by atoms with van der Waals surface area (Å²) in [6, 6.07) is 4.05. The van der Waals surface area contributed by atoms with Crippen molar-refractivity contribution in [2.75, 3.05) is 0 Å². The Labute approximate surface area is 114 Å². The van der Waals surface area contributed by atoms with Crippen LogP contribution in [0.15, 0.2) is 15.9 Å². The third-order valence-corrected chi connectivity index (χ3v) is 5.28. The first kappa shape index (κ1) is 13.1. The molecule has 0 unspecified atom stereocenters. The summed E-state index contributed by atoms with van der Waals surface area (Å²) in [7, 11) is 0. The van der Waals surface area contributed by atoms with E-state index in [-0.39, 0.29) is 0 Å². The molecule has 2 rings (SSSR count). The second-order valence-corrected chi connectivity index (χ2v) is 7.43. The number of halogens is 1. The van der Waals surface area contributed by atoms with Crippen molar-refractivity contribution in [3.05, 3.63) is 20.8 Å². The van der Waals surface area contributed by atoms with Crippen molar-refractivity contribution >= 4 is 33.2 Å². The van der Waals surface area contributed by atoms with Gasteiger partial charge in [0.25, 0.3) is 0 Å². The lowest BCUT2D eigenvalue weighted by molar-refractivity contribution is -0.149. The van der Waals surface area contributed by atoms with Crippen LogP contribution >= 0.6 is 27.3 Å². The van der Waals surface area contributed by atoms with Crippen LogP contribution < -0.4 is 0 Å². The van der Waals surface area contributed by atoms with Gasteiger partial charge in [-0.25, -0.2) is 0 Å². The molecule has 1 saturated carbocycles. The van der Waals surface area contributed by atoms with Crippen LogP contribution in [0.1, 0.15) is 43.4 Å². The van der Waals surface area contributed by atoms with Gasteiger partial charge >= 0.3 is 5.97 Å². The van der Waals surface area contributed by atoms with Crippen molar-refractivity contribution < 1.29 is 9.90 Å². The maximum Gasteiger partial charge on any atom is 0.309 e. The van der Waals surface area contributed by atoms with Gasteiger partial charge in [-0.3, -0.25) is 4.79 Å². The van der Waals surface area contributed by atoms with Gasteiger partial charge in [0.1, 0.15) is 0 Å². The first-order valence-corrected chi connectivity index (χ1v) is 7.71. The van der Waals surface area contributed by atoms with Crippen LogP contribution in [0.25, 0.3) is 0 Å². The smallest absolute Gasteiger partial charge is 0.309 e. The standard InChI is InChI=1S/C13H17BrO2S/c14-11-6-5-10(17-11)9-13(12(15)16)7-3-1-2-4-8-13/h5-6H,1-4,7-9H2,(H,15,16). The van der Waals surface area contributed by atoms with E-state index in [1.807, 2.05) is 12.1 Å². The molecule has 2 nitrogen and oxygen atoms in total. The Balaban J connectivity index is 2.18. The molecule has 1 aromatic heterocycles. The minimum absolute atomic E-state index is 0.513.